The first-order valence-corrected chi connectivity index (χ1v) is 2.43. The van der Waals surface area contributed by atoms with Gasteiger partial charge in [-0.05, 0) is 18.6 Å². The van der Waals surface area contributed by atoms with Gasteiger partial charge in [0.1, 0.15) is 0 Å². The second-order valence-electron chi connectivity index (χ2n) is 1.57. The third-order valence-corrected chi connectivity index (χ3v) is 0.768. The number of terminal acetylenes is 1. The molecule has 46 valence electrons. The molecule has 0 fully saturated rings. The van der Waals surface area contributed by atoms with Gasteiger partial charge in [-0.15, -0.1) is 6.42 Å². The lowest BCUT2D eigenvalue weighted by molar-refractivity contribution is 0.277. The van der Waals surface area contributed by atoms with Gasteiger partial charge in [0.25, 0.3) is 0 Å². The Labute approximate surface area is 54.4 Å². The summed E-state index contributed by atoms with van der Waals surface area (Å²) in [5, 5.41) is 16.7. The third kappa shape index (κ3) is 3.34. The maximum absolute atomic E-state index is 8.63. The number of rotatable bonds is 1. The zero-order valence-electron chi connectivity index (χ0n) is 5.13. The fraction of sp³-hybridized carbons (Fsp3) is 0.286. The van der Waals surface area contributed by atoms with Gasteiger partial charge < -0.3 is 5.11 Å². The lowest BCUT2D eigenvalue weighted by Gasteiger charge is -1.89. The molecule has 0 aromatic heterocycles. The molecule has 0 aromatic carbocycles. The molecule has 2 heteroatoms. The van der Waals surface area contributed by atoms with E-state index in [0.29, 0.717) is 5.57 Å². The van der Waals surface area contributed by atoms with Crippen LogP contribution in [0.4, 0.5) is 0 Å². The first kappa shape index (κ1) is 7.75. The van der Waals surface area contributed by atoms with Gasteiger partial charge in [-0.2, -0.15) is 5.26 Å². The average molecular weight is 121 g/mol. The monoisotopic (exact) mass is 121 g/mol. The number of aliphatic hydroxyl groups excluding tert-OH is 1. The Balaban J connectivity index is 4.03. The predicted molar refractivity (Wildman–Crippen MR) is 34.2 cm³/mol. The summed E-state index contributed by atoms with van der Waals surface area (Å²) in [4.78, 5) is 0. The molecule has 0 aromatic rings. The molecule has 0 bridgehead atoms. The highest BCUT2D eigenvalue weighted by atomic mass is 16.3. The fourth-order valence-corrected chi connectivity index (χ4v) is 0.322. The SMILES string of the molecule is C#C/C(C)=C/C(O)C#N. The Bertz CT molecular complexity index is 192. The molecule has 0 heterocycles. The van der Waals surface area contributed by atoms with Crippen molar-refractivity contribution in [2.24, 2.45) is 0 Å². The molecule has 0 aliphatic rings. The van der Waals surface area contributed by atoms with Gasteiger partial charge in [-0.1, -0.05) is 5.92 Å². The minimum Gasteiger partial charge on any atom is -0.374 e. The van der Waals surface area contributed by atoms with E-state index in [4.69, 9.17) is 16.8 Å². The zero-order chi connectivity index (χ0) is 7.28. The van der Waals surface area contributed by atoms with Crippen molar-refractivity contribution in [1.29, 1.82) is 5.26 Å². The minimum atomic E-state index is -1.07. The van der Waals surface area contributed by atoms with Gasteiger partial charge in [0.2, 0.25) is 0 Å². The largest absolute Gasteiger partial charge is 0.374 e. The number of allylic oxidation sites excluding steroid dienone is 1. The molecule has 0 saturated heterocycles. The van der Waals surface area contributed by atoms with E-state index in [1.165, 1.54) is 6.08 Å². The standard InChI is InChI=1S/C7H7NO/c1-3-6(2)4-7(9)5-8/h1,4,7,9H,2H3/b6-4+. The molecule has 0 rings (SSSR count). The van der Waals surface area contributed by atoms with Crippen molar-refractivity contribution in [2.75, 3.05) is 0 Å². The number of hydrogen-bond acceptors (Lipinski definition) is 2. The molecule has 1 N–H and O–H groups in total. The topological polar surface area (TPSA) is 44.0 Å². The molecule has 0 saturated carbocycles. The second kappa shape index (κ2) is 3.72. The molecule has 1 atom stereocenters. The van der Waals surface area contributed by atoms with Crippen LogP contribution in [0.3, 0.4) is 0 Å². The Morgan fingerprint density at radius 3 is 2.78 bits per heavy atom. The molecule has 0 aliphatic carbocycles. The first-order valence-electron chi connectivity index (χ1n) is 2.43. The molecule has 2 nitrogen and oxygen atoms in total. The van der Waals surface area contributed by atoms with Crippen molar-refractivity contribution in [3.05, 3.63) is 11.6 Å². The van der Waals surface area contributed by atoms with Gasteiger partial charge in [0.15, 0.2) is 6.10 Å². The van der Waals surface area contributed by atoms with Crippen LogP contribution < -0.4 is 0 Å². The van der Waals surface area contributed by atoms with E-state index in [1.54, 1.807) is 13.0 Å². The third-order valence-electron chi connectivity index (χ3n) is 0.768. The van der Waals surface area contributed by atoms with Crippen molar-refractivity contribution < 1.29 is 5.11 Å². The van der Waals surface area contributed by atoms with Crippen molar-refractivity contribution in [1.82, 2.24) is 0 Å². The first-order chi connectivity index (χ1) is 4.20. The van der Waals surface area contributed by atoms with E-state index in [2.05, 4.69) is 5.92 Å². The van der Waals surface area contributed by atoms with Crippen LogP contribution in [0.15, 0.2) is 11.6 Å². The van der Waals surface area contributed by atoms with E-state index in [-0.39, 0.29) is 0 Å². The minimum absolute atomic E-state index is 0.573. The van der Waals surface area contributed by atoms with E-state index in [1.807, 2.05) is 0 Å². The van der Waals surface area contributed by atoms with Crippen LogP contribution in [0, 0.1) is 23.7 Å². The summed E-state index contributed by atoms with van der Waals surface area (Å²) in [7, 11) is 0. The van der Waals surface area contributed by atoms with Gasteiger partial charge in [0, 0.05) is 0 Å². The smallest absolute Gasteiger partial charge is 0.160 e. The molecule has 9 heavy (non-hydrogen) atoms. The Morgan fingerprint density at radius 2 is 2.44 bits per heavy atom. The molecule has 0 amide bonds. The molecular weight excluding hydrogens is 114 g/mol. The van der Waals surface area contributed by atoms with Crippen LogP contribution in [0.25, 0.3) is 0 Å². The summed E-state index contributed by atoms with van der Waals surface area (Å²) < 4.78 is 0. The maximum Gasteiger partial charge on any atom is 0.160 e. The van der Waals surface area contributed by atoms with Crippen LogP contribution in [-0.4, -0.2) is 11.2 Å². The highest BCUT2D eigenvalue weighted by Crippen LogP contribution is 1.91. The summed E-state index contributed by atoms with van der Waals surface area (Å²) in [5.74, 6) is 2.28. The average Bonchev–Trinajstić information content (AvgIpc) is 1.87. The highest BCUT2D eigenvalue weighted by molar-refractivity contribution is 5.25. The Morgan fingerprint density at radius 1 is 1.89 bits per heavy atom. The number of nitriles is 1. The van der Waals surface area contributed by atoms with Crippen LogP contribution in [0.2, 0.25) is 0 Å². The van der Waals surface area contributed by atoms with Crippen LogP contribution in [0.5, 0.6) is 0 Å². The maximum atomic E-state index is 8.63. The summed E-state index contributed by atoms with van der Waals surface area (Å²) in [6.07, 6.45) is 5.19. The fourth-order valence-electron chi connectivity index (χ4n) is 0.322. The van der Waals surface area contributed by atoms with E-state index >= 15 is 0 Å². The molecule has 0 aliphatic heterocycles. The number of aliphatic hydroxyl groups is 1. The zero-order valence-corrected chi connectivity index (χ0v) is 5.13. The normalized spacial score (nSPS) is 13.6. The summed E-state index contributed by atoms with van der Waals surface area (Å²) in [6.45, 7) is 1.65. The highest BCUT2D eigenvalue weighted by Gasteiger charge is 1.93. The number of hydrogen-bond donors (Lipinski definition) is 1. The predicted octanol–water partition coefficient (Wildman–Crippen LogP) is 0.450. The molecular formula is C7H7NO. The van der Waals surface area contributed by atoms with E-state index < -0.39 is 6.10 Å². The van der Waals surface area contributed by atoms with Gasteiger partial charge in [-0.3, -0.25) is 0 Å². The van der Waals surface area contributed by atoms with Crippen LogP contribution >= 0.6 is 0 Å². The lowest BCUT2D eigenvalue weighted by Crippen LogP contribution is -1.96. The summed E-state index contributed by atoms with van der Waals surface area (Å²) in [6, 6.07) is 1.61. The number of nitrogens with zero attached hydrogens (tertiary/aromatic N) is 1. The van der Waals surface area contributed by atoms with Gasteiger partial charge in [0.05, 0.1) is 6.07 Å². The summed E-state index contributed by atoms with van der Waals surface area (Å²) in [5.41, 5.74) is 0.573. The van der Waals surface area contributed by atoms with Crippen molar-refractivity contribution in [2.45, 2.75) is 13.0 Å². The molecule has 0 radical (unpaired) electrons. The van der Waals surface area contributed by atoms with Crippen molar-refractivity contribution >= 4 is 0 Å². The Hall–Kier alpha value is -1.25. The van der Waals surface area contributed by atoms with E-state index in [9.17, 15) is 0 Å². The molecule has 1 unspecified atom stereocenters. The van der Waals surface area contributed by atoms with Crippen molar-refractivity contribution in [3.8, 4) is 18.4 Å². The van der Waals surface area contributed by atoms with Gasteiger partial charge in [-0.25, -0.2) is 0 Å². The second-order valence-corrected chi connectivity index (χ2v) is 1.57. The van der Waals surface area contributed by atoms with Crippen LogP contribution in [-0.2, 0) is 0 Å². The van der Waals surface area contributed by atoms with Gasteiger partial charge >= 0.3 is 0 Å². The van der Waals surface area contributed by atoms with E-state index in [0.717, 1.165) is 0 Å². The van der Waals surface area contributed by atoms with Crippen LogP contribution in [0.1, 0.15) is 6.92 Å². The Kier molecular flexibility index (Phi) is 3.20. The summed E-state index contributed by atoms with van der Waals surface area (Å²) >= 11 is 0. The lowest BCUT2D eigenvalue weighted by atomic mass is 10.2. The molecule has 0 spiro atoms. The van der Waals surface area contributed by atoms with Crippen molar-refractivity contribution in [3.63, 3.8) is 0 Å². The quantitative estimate of drug-likeness (QED) is 0.404.